The largest absolute Gasteiger partial charge is 0.484 e. The number of nitro benzene ring substituents is 1. The molecule has 0 aromatic heterocycles. The predicted octanol–water partition coefficient (Wildman–Crippen LogP) is 3.33. The highest BCUT2D eigenvalue weighted by Gasteiger charge is 2.36. The lowest BCUT2D eigenvalue weighted by molar-refractivity contribution is -0.384. The quantitative estimate of drug-likeness (QED) is 0.451. The summed E-state index contributed by atoms with van der Waals surface area (Å²) in [5.74, 6) is -1.40. The minimum absolute atomic E-state index is 0.0371. The number of imide groups is 1. The van der Waals surface area contributed by atoms with Gasteiger partial charge in [0.25, 0.3) is 17.5 Å². The lowest BCUT2D eigenvalue weighted by Crippen LogP contribution is -2.29. The van der Waals surface area contributed by atoms with Crippen LogP contribution in [0, 0.1) is 10.1 Å². The summed E-state index contributed by atoms with van der Waals surface area (Å²) in [5.41, 5.74) is 0.00623. The van der Waals surface area contributed by atoms with Gasteiger partial charge in [0.15, 0.2) is 6.61 Å². The highest BCUT2D eigenvalue weighted by molar-refractivity contribution is 6.21. The Morgan fingerprint density at radius 1 is 1.04 bits per heavy atom. The van der Waals surface area contributed by atoms with Crippen molar-refractivity contribution in [3.63, 3.8) is 0 Å². The predicted molar refractivity (Wildman–Crippen MR) is 85.3 cm³/mol. The number of amides is 2. The summed E-state index contributed by atoms with van der Waals surface area (Å²) >= 11 is 0. The van der Waals surface area contributed by atoms with Crippen molar-refractivity contribution in [1.29, 1.82) is 0 Å². The van der Waals surface area contributed by atoms with Gasteiger partial charge in [0.05, 0.1) is 22.6 Å². The normalized spacial score (nSPS) is 13.7. The number of hydrogen-bond donors (Lipinski definition) is 0. The molecule has 0 atom stereocenters. The number of halogens is 3. The van der Waals surface area contributed by atoms with Gasteiger partial charge in [-0.1, -0.05) is 12.1 Å². The van der Waals surface area contributed by atoms with E-state index in [0.29, 0.717) is 5.56 Å². The first-order valence-electron chi connectivity index (χ1n) is 7.59. The number of alkyl halides is 3. The summed E-state index contributed by atoms with van der Waals surface area (Å²) in [5, 5.41) is 10.8. The Labute approximate surface area is 150 Å². The fourth-order valence-electron chi connectivity index (χ4n) is 2.62. The van der Waals surface area contributed by atoms with E-state index in [0.717, 1.165) is 17.0 Å². The van der Waals surface area contributed by atoms with Gasteiger partial charge in [-0.25, -0.2) is 0 Å². The zero-order valence-electron chi connectivity index (χ0n) is 13.5. The molecular formula is C17H11F3N2O5. The fraction of sp³-hybridized carbons (Fsp3) is 0.176. The first-order chi connectivity index (χ1) is 12.7. The molecule has 0 saturated heterocycles. The minimum Gasteiger partial charge on any atom is -0.484 e. The van der Waals surface area contributed by atoms with Crippen molar-refractivity contribution in [2.75, 3.05) is 6.61 Å². The number of rotatable bonds is 5. The van der Waals surface area contributed by atoms with Crippen molar-refractivity contribution in [2.45, 2.75) is 12.7 Å². The number of carbonyl (C=O) groups is 2. The molecule has 140 valence electrons. The van der Waals surface area contributed by atoms with Crippen LogP contribution in [0.4, 0.5) is 18.9 Å². The maximum atomic E-state index is 12.4. The van der Waals surface area contributed by atoms with Crippen LogP contribution in [-0.2, 0) is 6.54 Å². The molecule has 0 radical (unpaired) electrons. The van der Waals surface area contributed by atoms with Crippen LogP contribution >= 0.6 is 0 Å². The molecule has 2 aromatic carbocycles. The number of hydrogen-bond acceptors (Lipinski definition) is 5. The second-order valence-corrected chi connectivity index (χ2v) is 5.73. The molecule has 1 aliphatic heterocycles. The highest BCUT2D eigenvalue weighted by atomic mass is 19.4. The van der Waals surface area contributed by atoms with Gasteiger partial charge in [-0.2, -0.15) is 13.2 Å². The average Bonchev–Trinajstić information content (AvgIpc) is 2.84. The van der Waals surface area contributed by atoms with Crippen LogP contribution in [0.3, 0.4) is 0 Å². The highest BCUT2D eigenvalue weighted by Crippen LogP contribution is 2.28. The first-order valence-corrected chi connectivity index (χ1v) is 7.59. The Balaban J connectivity index is 1.79. The van der Waals surface area contributed by atoms with Gasteiger partial charge in [0, 0.05) is 12.1 Å². The van der Waals surface area contributed by atoms with Gasteiger partial charge in [-0.3, -0.25) is 24.6 Å². The van der Waals surface area contributed by atoms with E-state index in [1.54, 1.807) is 0 Å². The summed E-state index contributed by atoms with van der Waals surface area (Å²) in [6, 6.07) is 8.92. The molecular weight excluding hydrogens is 369 g/mol. The molecule has 1 aliphatic rings. The van der Waals surface area contributed by atoms with E-state index in [1.165, 1.54) is 30.3 Å². The third-order valence-corrected chi connectivity index (χ3v) is 3.81. The molecule has 0 saturated carbocycles. The lowest BCUT2D eigenvalue weighted by Gasteiger charge is -2.15. The van der Waals surface area contributed by atoms with Crippen LogP contribution in [0.5, 0.6) is 5.75 Å². The van der Waals surface area contributed by atoms with Crippen LogP contribution in [0.2, 0.25) is 0 Å². The maximum absolute atomic E-state index is 12.4. The van der Waals surface area contributed by atoms with E-state index in [1.807, 2.05) is 0 Å². The summed E-state index contributed by atoms with van der Waals surface area (Å²) in [6.45, 7) is -1.67. The molecule has 2 amide bonds. The van der Waals surface area contributed by atoms with Crippen LogP contribution in [-0.4, -0.2) is 34.4 Å². The van der Waals surface area contributed by atoms with Gasteiger partial charge < -0.3 is 4.74 Å². The van der Waals surface area contributed by atoms with Crippen molar-refractivity contribution < 1.29 is 32.4 Å². The monoisotopic (exact) mass is 380 g/mol. The van der Waals surface area contributed by atoms with Crippen molar-refractivity contribution in [3.05, 3.63) is 69.3 Å². The Morgan fingerprint density at radius 3 is 2.41 bits per heavy atom. The second-order valence-electron chi connectivity index (χ2n) is 5.73. The molecule has 7 nitrogen and oxygen atoms in total. The summed E-state index contributed by atoms with van der Waals surface area (Å²) in [6.07, 6.45) is -4.49. The van der Waals surface area contributed by atoms with Gasteiger partial charge in [-0.05, 0) is 23.8 Å². The lowest BCUT2D eigenvalue weighted by atomic mass is 10.1. The molecule has 0 spiro atoms. The smallest absolute Gasteiger partial charge is 0.422 e. The van der Waals surface area contributed by atoms with Crippen LogP contribution in [0.15, 0.2) is 42.5 Å². The molecule has 1 heterocycles. The number of nitrogens with zero attached hydrogens (tertiary/aromatic N) is 2. The summed E-state index contributed by atoms with van der Waals surface area (Å²) in [7, 11) is 0. The average molecular weight is 380 g/mol. The van der Waals surface area contributed by atoms with Crippen molar-refractivity contribution >= 4 is 17.5 Å². The van der Waals surface area contributed by atoms with Gasteiger partial charge in [0.2, 0.25) is 0 Å². The van der Waals surface area contributed by atoms with Crippen molar-refractivity contribution in [1.82, 2.24) is 4.90 Å². The standard InChI is InChI=1S/C17H11F3N2O5/c18-17(19,20)9-27-12-3-1-2-10(6-12)8-21-15(23)13-5-4-11(22(25)26)7-14(13)16(21)24/h1-7H,8-9H2. The van der Waals surface area contributed by atoms with E-state index < -0.39 is 29.5 Å². The van der Waals surface area contributed by atoms with E-state index in [4.69, 9.17) is 0 Å². The molecule has 0 fully saturated rings. The van der Waals surface area contributed by atoms with Gasteiger partial charge >= 0.3 is 6.18 Å². The molecule has 2 aromatic rings. The zero-order valence-corrected chi connectivity index (χ0v) is 13.5. The number of carbonyl (C=O) groups excluding carboxylic acids is 2. The Hall–Kier alpha value is -3.43. The molecule has 10 heteroatoms. The molecule has 3 rings (SSSR count). The van der Waals surface area contributed by atoms with E-state index in [9.17, 15) is 32.9 Å². The van der Waals surface area contributed by atoms with E-state index >= 15 is 0 Å². The third kappa shape index (κ3) is 3.89. The summed E-state index contributed by atoms with van der Waals surface area (Å²) in [4.78, 5) is 35.8. The fourth-order valence-corrected chi connectivity index (χ4v) is 2.62. The Bertz CT molecular complexity index is 942. The van der Waals surface area contributed by atoms with E-state index in [2.05, 4.69) is 4.74 Å². The third-order valence-electron chi connectivity index (χ3n) is 3.81. The van der Waals surface area contributed by atoms with Crippen LogP contribution < -0.4 is 4.74 Å². The Kier molecular flexibility index (Phi) is 4.56. The van der Waals surface area contributed by atoms with Crippen molar-refractivity contribution in [2.24, 2.45) is 0 Å². The van der Waals surface area contributed by atoms with Gasteiger partial charge in [-0.15, -0.1) is 0 Å². The van der Waals surface area contributed by atoms with Crippen LogP contribution in [0.25, 0.3) is 0 Å². The molecule has 0 bridgehead atoms. The number of fused-ring (bicyclic) bond motifs is 1. The minimum atomic E-state index is -4.49. The zero-order chi connectivity index (χ0) is 19.8. The molecule has 0 aliphatic carbocycles. The Morgan fingerprint density at radius 2 is 1.74 bits per heavy atom. The van der Waals surface area contributed by atoms with Crippen LogP contribution in [0.1, 0.15) is 26.3 Å². The topological polar surface area (TPSA) is 89.8 Å². The summed E-state index contributed by atoms with van der Waals surface area (Å²) < 4.78 is 41.4. The number of non-ortho nitro benzene ring substituents is 1. The second kappa shape index (κ2) is 6.71. The maximum Gasteiger partial charge on any atom is 0.422 e. The van der Waals surface area contributed by atoms with Crippen molar-refractivity contribution in [3.8, 4) is 5.75 Å². The SMILES string of the molecule is O=C1c2ccc([N+](=O)[O-])cc2C(=O)N1Cc1cccc(OCC(F)(F)F)c1. The first kappa shape index (κ1) is 18.4. The van der Waals surface area contributed by atoms with Gasteiger partial charge in [0.1, 0.15) is 5.75 Å². The van der Waals surface area contributed by atoms with E-state index in [-0.39, 0.29) is 29.1 Å². The molecule has 27 heavy (non-hydrogen) atoms. The number of benzene rings is 2. The number of nitro groups is 1. The molecule has 0 N–H and O–H groups in total. The number of ether oxygens (including phenoxy) is 1. The molecule has 0 unspecified atom stereocenters.